The lowest BCUT2D eigenvalue weighted by Crippen LogP contribution is -2.35. The first-order valence-corrected chi connectivity index (χ1v) is 4.44. The summed E-state index contributed by atoms with van der Waals surface area (Å²) in [6, 6.07) is 0.514. The van der Waals surface area contributed by atoms with Crippen molar-refractivity contribution in [2.45, 2.75) is 31.6 Å². The highest BCUT2D eigenvalue weighted by Gasteiger charge is 2.32. The van der Waals surface area contributed by atoms with E-state index >= 15 is 0 Å². The van der Waals surface area contributed by atoms with Gasteiger partial charge < -0.3 is 9.47 Å². The highest BCUT2D eigenvalue weighted by Crippen LogP contribution is 2.21. The summed E-state index contributed by atoms with van der Waals surface area (Å²) >= 11 is 0. The van der Waals surface area contributed by atoms with Crippen LogP contribution in [0, 0.1) is 0 Å². The molecule has 0 aromatic carbocycles. The Bertz CT molecular complexity index is 140. The molecule has 0 saturated carbocycles. The van der Waals surface area contributed by atoms with Gasteiger partial charge in [-0.2, -0.15) is 0 Å². The van der Waals surface area contributed by atoms with E-state index in [1.54, 1.807) is 14.2 Å². The van der Waals surface area contributed by atoms with E-state index in [0.717, 1.165) is 13.0 Å². The van der Waals surface area contributed by atoms with E-state index in [1.165, 1.54) is 0 Å². The van der Waals surface area contributed by atoms with E-state index in [1.807, 2.05) is 0 Å². The molecular formula is C9H19NO2. The minimum atomic E-state index is 0.301. The van der Waals surface area contributed by atoms with Crippen LogP contribution in [-0.4, -0.2) is 51.0 Å². The van der Waals surface area contributed by atoms with Crippen molar-refractivity contribution in [1.82, 2.24) is 4.90 Å². The summed E-state index contributed by atoms with van der Waals surface area (Å²) in [5, 5.41) is 0. The fourth-order valence-electron chi connectivity index (χ4n) is 1.86. The van der Waals surface area contributed by atoms with Gasteiger partial charge in [-0.15, -0.1) is 0 Å². The summed E-state index contributed by atoms with van der Waals surface area (Å²) in [6.45, 7) is 3.13. The molecule has 0 aromatic heterocycles. The average molecular weight is 173 g/mol. The van der Waals surface area contributed by atoms with Gasteiger partial charge in [-0.05, 0) is 20.4 Å². The van der Waals surface area contributed by atoms with E-state index < -0.39 is 0 Å². The van der Waals surface area contributed by atoms with Gasteiger partial charge in [0, 0.05) is 26.8 Å². The smallest absolute Gasteiger partial charge is 0.0714 e. The number of ether oxygens (including phenoxy) is 2. The molecule has 0 aromatic rings. The molecule has 0 spiro atoms. The van der Waals surface area contributed by atoms with Crippen LogP contribution in [0.3, 0.4) is 0 Å². The zero-order chi connectivity index (χ0) is 9.14. The number of hydrogen-bond acceptors (Lipinski definition) is 3. The van der Waals surface area contributed by atoms with Crippen molar-refractivity contribution in [1.29, 1.82) is 0 Å². The summed E-state index contributed by atoms with van der Waals surface area (Å²) in [6.07, 6.45) is 1.77. The fourth-order valence-corrected chi connectivity index (χ4v) is 1.86. The molecule has 1 rings (SSSR count). The van der Waals surface area contributed by atoms with Crippen LogP contribution in [-0.2, 0) is 9.47 Å². The molecule has 1 saturated heterocycles. The quantitative estimate of drug-likeness (QED) is 0.628. The van der Waals surface area contributed by atoms with Gasteiger partial charge in [-0.1, -0.05) is 0 Å². The van der Waals surface area contributed by atoms with Crippen LogP contribution in [0.2, 0.25) is 0 Å². The second-order valence-electron chi connectivity index (χ2n) is 3.54. The summed E-state index contributed by atoms with van der Waals surface area (Å²) < 4.78 is 10.6. The first kappa shape index (κ1) is 9.96. The number of nitrogens with zero attached hydrogens (tertiary/aromatic N) is 1. The number of likely N-dealkylation sites (N-methyl/N-ethyl adjacent to an activating group) is 1. The Balaban J connectivity index is 2.45. The number of likely N-dealkylation sites (tertiary alicyclic amines) is 1. The van der Waals surface area contributed by atoms with Gasteiger partial charge in [0.15, 0.2) is 0 Å². The number of hydrogen-bond donors (Lipinski definition) is 0. The van der Waals surface area contributed by atoms with Crippen molar-refractivity contribution in [3.05, 3.63) is 0 Å². The SMILES string of the molecule is CO[C@@H]1C[C@@H]([C@H](C)OC)N(C)C1. The second-order valence-corrected chi connectivity index (χ2v) is 3.54. The third kappa shape index (κ3) is 1.97. The Kier molecular flexibility index (Phi) is 3.50. The topological polar surface area (TPSA) is 21.7 Å². The van der Waals surface area contributed by atoms with Crippen molar-refractivity contribution in [3.63, 3.8) is 0 Å². The fraction of sp³-hybridized carbons (Fsp3) is 1.00. The summed E-state index contributed by atoms with van der Waals surface area (Å²) in [5.41, 5.74) is 0. The van der Waals surface area contributed by atoms with E-state index in [0.29, 0.717) is 18.2 Å². The van der Waals surface area contributed by atoms with Gasteiger partial charge in [-0.25, -0.2) is 0 Å². The van der Waals surface area contributed by atoms with E-state index in [2.05, 4.69) is 18.9 Å². The maximum atomic E-state index is 5.31. The van der Waals surface area contributed by atoms with Gasteiger partial charge >= 0.3 is 0 Å². The van der Waals surface area contributed by atoms with Crippen LogP contribution >= 0.6 is 0 Å². The van der Waals surface area contributed by atoms with Crippen LogP contribution in [0.1, 0.15) is 13.3 Å². The van der Waals surface area contributed by atoms with Gasteiger partial charge in [0.2, 0.25) is 0 Å². The molecule has 1 aliphatic heterocycles. The van der Waals surface area contributed by atoms with E-state index in [9.17, 15) is 0 Å². The van der Waals surface area contributed by atoms with E-state index in [4.69, 9.17) is 9.47 Å². The summed E-state index contributed by atoms with van der Waals surface area (Å²) in [4.78, 5) is 2.31. The van der Waals surface area contributed by atoms with Crippen LogP contribution in [0.15, 0.2) is 0 Å². The predicted molar refractivity (Wildman–Crippen MR) is 48.3 cm³/mol. The van der Waals surface area contributed by atoms with Crippen molar-refractivity contribution in [2.24, 2.45) is 0 Å². The molecule has 12 heavy (non-hydrogen) atoms. The molecule has 3 nitrogen and oxygen atoms in total. The Morgan fingerprint density at radius 2 is 2.08 bits per heavy atom. The Morgan fingerprint density at radius 3 is 2.50 bits per heavy atom. The Labute approximate surface area is 74.6 Å². The predicted octanol–water partition coefficient (Wildman–Crippen LogP) is 0.740. The molecule has 72 valence electrons. The zero-order valence-electron chi connectivity index (χ0n) is 8.41. The zero-order valence-corrected chi connectivity index (χ0v) is 8.41. The second kappa shape index (κ2) is 4.21. The van der Waals surface area contributed by atoms with Crippen molar-refractivity contribution < 1.29 is 9.47 Å². The number of methoxy groups -OCH3 is 2. The Hall–Kier alpha value is -0.120. The average Bonchev–Trinajstić information content (AvgIpc) is 2.45. The van der Waals surface area contributed by atoms with Gasteiger partial charge in [0.1, 0.15) is 0 Å². The lowest BCUT2D eigenvalue weighted by Gasteiger charge is -2.24. The first-order chi connectivity index (χ1) is 5.69. The molecular weight excluding hydrogens is 154 g/mol. The maximum absolute atomic E-state index is 5.31. The monoisotopic (exact) mass is 173 g/mol. The Morgan fingerprint density at radius 1 is 1.42 bits per heavy atom. The highest BCUT2D eigenvalue weighted by atomic mass is 16.5. The van der Waals surface area contributed by atoms with Crippen LogP contribution in [0.4, 0.5) is 0 Å². The molecule has 3 atom stereocenters. The van der Waals surface area contributed by atoms with Gasteiger partial charge in [-0.3, -0.25) is 4.90 Å². The van der Waals surface area contributed by atoms with Crippen molar-refractivity contribution in [3.8, 4) is 0 Å². The molecule has 1 aliphatic rings. The third-order valence-electron chi connectivity index (χ3n) is 2.81. The van der Waals surface area contributed by atoms with Crippen molar-refractivity contribution >= 4 is 0 Å². The standard InChI is InChI=1S/C9H19NO2/c1-7(11-3)9-5-8(12-4)6-10(9)2/h7-9H,5-6H2,1-4H3/t7-,8+,9-/m0/s1. The van der Waals surface area contributed by atoms with Crippen molar-refractivity contribution in [2.75, 3.05) is 27.8 Å². The minimum Gasteiger partial charge on any atom is -0.380 e. The maximum Gasteiger partial charge on any atom is 0.0714 e. The normalized spacial score (nSPS) is 34.0. The third-order valence-corrected chi connectivity index (χ3v) is 2.81. The summed E-state index contributed by atoms with van der Waals surface area (Å²) in [7, 11) is 5.66. The largest absolute Gasteiger partial charge is 0.380 e. The summed E-state index contributed by atoms with van der Waals surface area (Å²) in [5.74, 6) is 0. The van der Waals surface area contributed by atoms with Crippen LogP contribution in [0.25, 0.3) is 0 Å². The minimum absolute atomic E-state index is 0.301. The molecule has 0 aliphatic carbocycles. The molecule has 0 amide bonds. The molecule has 0 N–H and O–H groups in total. The van der Waals surface area contributed by atoms with Gasteiger partial charge in [0.05, 0.1) is 12.2 Å². The van der Waals surface area contributed by atoms with Gasteiger partial charge in [0.25, 0.3) is 0 Å². The lowest BCUT2D eigenvalue weighted by atomic mass is 10.1. The lowest BCUT2D eigenvalue weighted by molar-refractivity contribution is 0.0520. The van der Waals surface area contributed by atoms with Crippen LogP contribution in [0.5, 0.6) is 0 Å². The van der Waals surface area contributed by atoms with E-state index in [-0.39, 0.29) is 0 Å². The number of rotatable bonds is 3. The molecule has 0 unspecified atom stereocenters. The highest BCUT2D eigenvalue weighted by molar-refractivity contribution is 4.87. The first-order valence-electron chi connectivity index (χ1n) is 4.44. The molecule has 0 radical (unpaired) electrons. The molecule has 3 heteroatoms. The molecule has 0 bridgehead atoms. The molecule has 1 fully saturated rings. The van der Waals surface area contributed by atoms with Crippen LogP contribution < -0.4 is 0 Å². The molecule has 1 heterocycles.